The highest BCUT2D eigenvalue weighted by Gasteiger charge is 2.20. The smallest absolute Gasteiger partial charge is 0.0367 e. The van der Waals surface area contributed by atoms with Gasteiger partial charge in [-0.05, 0) is 37.6 Å². The summed E-state index contributed by atoms with van der Waals surface area (Å²) in [6, 6.07) is 9.72. The quantitative estimate of drug-likeness (QED) is 0.795. The van der Waals surface area contributed by atoms with E-state index in [0.29, 0.717) is 12.0 Å². The molecule has 108 valence electrons. The molecular formula is C17H30N2. The van der Waals surface area contributed by atoms with E-state index in [-0.39, 0.29) is 0 Å². The molecule has 1 fully saturated rings. The SMILES string of the molecule is CC.CC(C)c1ccc(N2CCN(C)C(C)C2)cc1. The van der Waals surface area contributed by atoms with E-state index in [1.54, 1.807) is 0 Å². The Hall–Kier alpha value is -1.02. The molecule has 0 radical (unpaired) electrons. The number of hydrogen-bond acceptors (Lipinski definition) is 2. The Labute approximate surface area is 119 Å². The fraction of sp³-hybridized carbons (Fsp3) is 0.647. The van der Waals surface area contributed by atoms with Crippen LogP contribution in [0.15, 0.2) is 24.3 Å². The third kappa shape index (κ3) is 4.24. The second kappa shape index (κ2) is 7.54. The first-order valence-electron chi connectivity index (χ1n) is 7.63. The zero-order chi connectivity index (χ0) is 14.4. The third-order valence-electron chi connectivity index (χ3n) is 3.88. The molecule has 0 aromatic heterocycles. The number of anilines is 1. The molecule has 1 heterocycles. The predicted octanol–water partition coefficient (Wildman–Crippen LogP) is 3.98. The van der Waals surface area contributed by atoms with Crippen molar-refractivity contribution in [2.75, 3.05) is 31.6 Å². The number of nitrogens with zero attached hydrogens (tertiary/aromatic N) is 2. The Morgan fingerprint density at radius 2 is 1.63 bits per heavy atom. The van der Waals surface area contributed by atoms with Crippen LogP contribution < -0.4 is 4.90 Å². The van der Waals surface area contributed by atoms with Crippen molar-refractivity contribution >= 4 is 5.69 Å². The molecule has 0 saturated carbocycles. The van der Waals surface area contributed by atoms with Crippen molar-refractivity contribution in [2.24, 2.45) is 0 Å². The molecule has 1 atom stereocenters. The molecule has 0 amide bonds. The summed E-state index contributed by atoms with van der Waals surface area (Å²) in [5.41, 5.74) is 2.80. The van der Waals surface area contributed by atoms with Gasteiger partial charge in [-0.3, -0.25) is 0 Å². The van der Waals surface area contributed by atoms with E-state index in [9.17, 15) is 0 Å². The van der Waals surface area contributed by atoms with Gasteiger partial charge in [-0.15, -0.1) is 0 Å². The van der Waals surface area contributed by atoms with Crippen LogP contribution in [0.3, 0.4) is 0 Å². The average Bonchev–Trinajstić information content (AvgIpc) is 2.44. The summed E-state index contributed by atoms with van der Waals surface area (Å²) < 4.78 is 0. The van der Waals surface area contributed by atoms with Gasteiger partial charge in [0.25, 0.3) is 0 Å². The van der Waals surface area contributed by atoms with Crippen LogP contribution in [0.1, 0.15) is 46.1 Å². The van der Waals surface area contributed by atoms with E-state index in [2.05, 4.69) is 61.9 Å². The molecule has 1 aromatic carbocycles. The molecule has 0 bridgehead atoms. The molecule has 0 aliphatic carbocycles. The average molecular weight is 262 g/mol. The fourth-order valence-corrected chi connectivity index (χ4v) is 2.35. The minimum atomic E-state index is 0.621. The van der Waals surface area contributed by atoms with Gasteiger partial charge in [0, 0.05) is 31.4 Å². The maximum absolute atomic E-state index is 2.49. The van der Waals surface area contributed by atoms with Crippen LogP contribution in [-0.4, -0.2) is 37.6 Å². The summed E-state index contributed by atoms with van der Waals surface area (Å²) in [6.45, 7) is 14.2. The number of rotatable bonds is 2. The lowest BCUT2D eigenvalue weighted by Crippen LogP contribution is -2.50. The highest BCUT2D eigenvalue weighted by atomic mass is 15.3. The Morgan fingerprint density at radius 3 is 2.11 bits per heavy atom. The standard InChI is InChI=1S/C15H24N2.C2H6/c1-12(2)14-5-7-15(8-6-14)17-10-9-16(4)13(3)11-17;1-2/h5-8,12-13H,9-11H2,1-4H3;1-2H3. The summed E-state index contributed by atoms with van der Waals surface area (Å²) in [4.78, 5) is 4.92. The fourth-order valence-electron chi connectivity index (χ4n) is 2.35. The molecular weight excluding hydrogens is 232 g/mol. The highest BCUT2D eigenvalue weighted by Crippen LogP contribution is 2.22. The van der Waals surface area contributed by atoms with Crippen LogP contribution in [0, 0.1) is 0 Å². The number of hydrogen-bond donors (Lipinski definition) is 0. The number of benzene rings is 1. The summed E-state index contributed by atoms with van der Waals surface area (Å²) in [5, 5.41) is 0. The molecule has 0 N–H and O–H groups in total. The second-order valence-electron chi connectivity index (χ2n) is 5.52. The molecule has 1 aliphatic rings. The minimum absolute atomic E-state index is 0.621. The Morgan fingerprint density at radius 1 is 1.05 bits per heavy atom. The highest BCUT2D eigenvalue weighted by molar-refractivity contribution is 5.48. The van der Waals surface area contributed by atoms with E-state index >= 15 is 0 Å². The third-order valence-corrected chi connectivity index (χ3v) is 3.88. The monoisotopic (exact) mass is 262 g/mol. The van der Waals surface area contributed by atoms with Crippen LogP contribution in [0.2, 0.25) is 0 Å². The predicted molar refractivity (Wildman–Crippen MR) is 86.2 cm³/mol. The molecule has 19 heavy (non-hydrogen) atoms. The first kappa shape index (κ1) is 16.0. The lowest BCUT2D eigenvalue weighted by atomic mass is 10.0. The van der Waals surface area contributed by atoms with Gasteiger partial charge >= 0.3 is 0 Å². The number of piperazine rings is 1. The van der Waals surface area contributed by atoms with Crippen LogP contribution in [0.4, 0.5) is 5.69 Å². The summed E-state index contributed by atoms with van der Waals surface area (Å²) in [5.74, 6) is 0.621. The largest absolute Gasteiger partial charge is 0.369 e. The van der Waals surface area contributed by atoms with Crippen LogP contribution in [0.5, 0.6) is 0 Å². The van der Waals surface area contributed by atoms with E-state index in [4.69, 9.17) is 0 Å². The summed E-state index contributed by atoms with van der Waals surface area (Å²) in [7, 11) is 2.21. The van der Waals surface area contributed by atoms with Crippen LogP contribution in [-0.2, 0) is 0 Å². The van der Waals surface area contributed by atoms with E-state index in [1.165, 1.54) is 11.3 Å². The normalized spacial score (nSPS) is 20.2. The first-order valence-corrected chi connectivity index (χ1v) is 7.63. The zero-order valence-electron chi connectivity index (χ0n) is 13.5. The van der Waals surface area contributed by atoms with Crippen molar-refractivity contribution in [3.05, 3.63) is 29.8 Å². The van der Waals surface area contributed by atoms with Gasteiger partial charge in [0.05, 0.1) is 0 Å². The van der Waals surface area contributed by atoms with Crippen molar-refractivity contribution in [1.29, 1.82) is 0 Å². The van der Waals surface area contributed by atoms with Gasteiger partial charge < -0.3 is 9.80 Å². The van der Waals surface area contributed by atoms with Gasteiger partial charge in [0.1, 0.15) is 0 Å². The van der Waals surface area contributed by atoms with E-state index < -0.39 is 0 Å². The van der Waals surface area contributed by atoms with Crippen LogP contribution in [0.25, 0.3) is 0 Å². The molecule has 2 heteroatoms. The molecule has 2 nitrogen and oxygen atoms in total. The van der Waals surface area contributed by atoms with Gasteiger partial charge in [-0.25, -0.2) is 0 Å². The van der Waals surface area contributed by atoms with Crippen molar-refractivity contribution in [2.45, 2.75) is 46.6 Å². The van der Waals surface area contributed by atoms with Gasteiger partial charge in [-0.1, -0.05) is 39.8 Å². The second-order valence-corrected chi connectivity index (χ2v) is 5.52. The zero-order valence-corrected chi connectivity index (χ0v) is 13.5. The maximum Gasteiger partial charge on any atom is 0.0367 e. The molecule has 2 rings (SSSR count). The summed E-state index contributed by atoms with van der Waals surface area (Å²) in [6.07, 6.45) is 0. The molecule has 1 unspecified atom stereocenters. The molecule has 1 aliphatic heterocycles. The Bertz CT molecular complexity index is 356. The molecule has 1 aromatic rings. The van der Waals surface area contributed by atoms with Gasteiger partial charge in [0.15, 0.2) is 0 Å². The van der Waals surface area contributed by atoms with E-state index in [1.807, 2.05) is 13.8 Å². The van der Waals surface area contributed by atoms with Crippen molar-refractivity contribution in [3.63, 3.8) is 0 Å². The van der Waals surface area contributed by atoms with Gasteiger partial charge in [0.2, 0.25) is 0 Å². The first-order chi connectivity index (χ1) is 9.08. The summed E-state index contributed by atoms with van der Waals surface area (Å²) >= 11 is 0. The van der Waals surface area contributed by atoms with Crippen molar-refractivity contribution in [3.8, 4) is 0 Å². The molecule has 0 spiro atoms. The Balaban J connectivity index is 0.000000861. The van der Waals surface area contributed by atoms with Gasteiger partial charge in [-0.2, -0.15) is 0 Å². The minimum Gasteiger partial charge on any atom is -0.369 e. The lowest BCUT2D eigenvalue weighted by Gasteiger charge is -2.39. The van der Waals surface area contributed by atoms with E-state index in [0.717, 1.165) is 19.6 Å². The number of likely N-dealkylation sites (N-methyl/N-ethyl adjacent to an activating group) is 1. The molecule has 1 saturated heterocycles. The van der Waals surface area contributed by atoms with Crippen molar-refractivity contribution < 1.29 is 0 Å². The topological polar surface area (TPSA) is 6.48 Å². The van der Waals surface area contributed by atoms with Crippen LogP contribution >= 0.6 is 0 Å². The Kier molecular flexibility index (Phi) is 6.36. The maximum atomic E-state index is 2.49. The van der Waals surface area contributed by atoms with Crippen molar-refractivity contribution in [1.82, 2.24) is 4.90 Å². The lowest BCUT2D eigenvalue weighted by molar-refractivity contribution is 0.234.